The smallest absolute Gasteiger partial charge is 0.330 e. The molecule has 2 aromatic rings. The van der Waals surface area contributed by atoms with Gasteiger partial charge in [0, 0.05) is 26.0 Å². The molecule has 0 unspecified atom stereocenters. The van der Waals surface area contributed by atoms with Gasteiger partial charge in [0.25, 0.3) is 5.56 Å². The summed E-state index contributed by atoms with van der Waals surface area (Å²) in [6.07, 6.45) is 1.54. The summed E-state index contributed by atoms with van der Waals surface area (Å²) in [6, 6.07) is 6.04. The molecule has 1 amide bonds. The molecule has 0 aliphatic heterocycles. The van der Waals surface area contributed by atoms with E-state index in [9.17, 15) is 18.8 Å². The minimum Gasteiger partial charge on any atom is -0.383 e. The van der Waals surface area contributed by atoms with E-state index < -0.39 is 11.2 Å². The number of rotatable bonds is 11. The third-order valence-electron chi connectivity index (χ3n) is 4.45. The molecule has 0 saturated carbocycles. The van der Waals surface area contributed by atoms with Crippen molar-refractivity contribution in [2.24, 2.45) is 0 Å². The van der Waals surface area contributed by atoms with Crippen LogP contribution in [-0.2, 0) is 21.8 Å². The Bertz CT molecular complexity index is 959. The van der Waals surface area contributed by atoms with E-state index >= 15 is 0 Å². The van der Waals surface area contributed by atoms with Gasteiger partial charge in [-0.3, -0.25) is 19.1 Å². The van der Waals surface area contributed by atoms with Crippen molar-refractivity contribution in [1.82, 2.24) is 9.55 Å². The number of aromatic amines is 1. The number of nitrogen functional groups attached to an aromatic ring is 1. The fourth-order valence-corrected chi connectivity index (χ4v) is 3.70. The number of carbonyl (C=O) groups excluding carboxylic acids is 1. The Balaban J connectivity index is 2.23. The number of anilines is 2. The summed E-state index contributed by atoms with van der Waals surface area (Å²) in [6.45, 7) is 2.63. The average Bonchev–Trinajstić information content (AvgIpc) is 2.71. The molecule has 0 atom stereocenters. The first-order valence-electron chi connectivity index (χ1n) is 9.63. The van der Waals surface area contributed by atoms with Gasteiger partial charge in [0.1, 0.15) is 11.6 Å². The lowest BCUT2D eigenvalue weighted by Gasteiger charge is -2.24. The second-order valence-electron chi connectivity index (χ2n) is 6.66. The number of H-pyrrole nitrogens is 1. The largest absolute Gasteiger partial charge is 0.383 e. The maximum absolute atomic E-state index is 13.0. The lowest BCUT2D eigenvalue weighted by atomic mass is 10.2. The predicted molar refractivity (Wildman–Crippen MR) is 117 cm³/mol. The summed E-state index contributed by atoms with van der Waals surface area (Å²) in [5.74, 6) is -0.110. The molecule has 10 heteroatoms. The predicted octanol–water partition coefficient (Wildman–Crippen LogP) is 1.97. The lowest BCUT2D eigenvalue weighted by Crippen LogP contribution is -2.43. The normalized spacial score (nSPS) is 10.9. The van der Waals surface area contributed by atoms with Crippen molar-refractivity contribution >= 4 is 29.2 Å². The SMILES string of the molecule is CCCCn1c(N)c(N(CCOC)C(=O)CSCc2ccc(F)cc2)c(=O)[nH]c1=O. The Morgan fingerprint density at radius 2 is 2.00 bits per heavy atom. The number of halogens is 1. The molecule has 0 saturated heterocycles. The third kappa shape index (κ3) is 6.20. The average molecular weight is 439 g/mol. The molecule has 1 heterocycles. The number of nitrogens with two attached hydrogens (primary N) is 1. The highest BCUT2D eigenvalue weighted by molar-refractivity contribution is 7.99. The van der Waals surface area contributed by atoms with Crippen molar-refractivity contribution in [1.29, 1.82) is 0 Å². The molecule has 0 spiro atoms. The first-order chi connectivity index (χ1) is 14.4. The van der Waals surface area contributed by atoms with Crippen LogP contribution in [0, 0.1) is 5.82 Å². The molecule has 0 bridgehead atoms. The number of thioether (sulfide) groups is 1. The minimum atomic E-state index is -0.710. The fraction of sp³-hybridized carbons (Fsp3) is 0.450. The van der Waals surface area contributed by atoms with Crippen LogP contribution < -0.4 is 21.9 Å². The van der Waals surface area contributed by atoms with Gasteiger partial charge in [-0.2, -0.15) is 0 Å². The van der Waals surface area contributed by atoms with Gasteiger partial charge in [-0.1, -0.05) is 25.5 Å². The molecule has 0 aliphatic rings. The molecule has 8 nitrogen and oxygen atoms in total. The fourth-order valence-electron chi connectivity index (χ4n) is 2.83. The molecule has 30 heavy (non-hydrogen) atoms. The second kappa shape index (κ2) is 11.6. The van der Waals surface area contributed by atoms with Crippen molar-refractivity contribution < 1.29 is 13.9 Å². The topological polar surface area (TPSA) is 110 Å². The number of amides is 1. The van der Waals surface area contributed by atoms with E-state index in [1.807, 2.05) is 6.92 Å². The molecular formula is C20H27FN4O4S. The van der Waals surface area contributed by atoms with E-state index in [0.29, 0.717) is 18.7 Å². The van der Waals surface area contributed by atoms with Crippen molar-refractivity contribution in [3.05, 3.63) is 56.5 Å². The number of hydrogen-bond donors (Lipinski definition) is 2. The van der Waals surface area contributed by atoms with E-state index in [-0.39, 0.29) is 42.1 Å². The van der Waals surface area contributed by atoms with Gasteiger partial charge in [0.2, 0.25) is 5.91 Å². The molecule has 3 N–H and O–H groups in total. The van der Waals surface area contributed by atoms with Crippen LogP contribution in [0.5, 0.6) is 0 Å². The van der Waals surface area contributed by atoms with Crippen LogP contribution in [-0.4, -0.2) is 41.5 Å². The van der Waals surface area contributed by atoms with Crippen LogP contribution in [0.15, 0.2) is 33.9 Å². The molecule has 2 rings (SSSR count). The van der Waals surface area contributed by atoms with E-state index in [1.165, 1.54) is 40.5 Å². The number of methoxy groups -OCH3 is 1. The Morgan fingerprint density at radius 3 is 2.63 bits per heavy atom. The van der Waals surface area contributed by atoms with Crippen LogP contribution in [0.1, 0.15) is 25.3 Å². The summed E-state index contributed by atoms with van der Waals surface area (Å²) < 4.78 is 19.4. The molecule has 0 aliphatic carbocycles. The summed E-state index contributed by atoms with van der Waals surface area (Å²) in [7, 11) is 1.49. The van der Waals surface area contributed by atoms with E-state index in [0.717, 1.165) is 12.0 Å². The number of carbonyl (C=O) groups is 1. The summed E-state index contributed by atoms with van der Waals surface area (Å²) in [4.78, 5) is 41.1. The monoisotopic (exact) mass is 438 g/mol. The maximum Gasteiger partial charge on any atom is 0.330 e. The number of unbranched alkanes of at least 4 members (excludes halogenated alkanes) is 1. The van der Waals surface area contributed by atoms with Gasteiger partial charge < -0.3 is 15.4 Å². The van der Waals surface area contributed by atoms with Gasteiger partial charge in [0.05, 0.1) is 12.4 Å². The number of ether oxygens (including phenoxy) is 1. The van der Waals surface area contributed by atoms with Crippen LogP contribution >= 0.6 is 11.8 Å². The molecule has 164 valence electrons. The molecule has 0 radical (unpaired) electrons. The highest BCUT2D eigenvalue weighted by atomic mass is 32.2. The van der Waals surface area contributed by atoms with Crippen molar-refractivity contribution in [2.75, 3.05) is 36.6 Å². The van der Waals surface area contributed by atoms with Crippen molar-refractivity contribution in [3.63, 3.8) is 0 Å². The first-order valence-corrected chi connectivity index (χ1v) is 10.8. The number of hydrogen-bond acceptors (Lipinski definition) is 6. The minimum absolute atomic E-state index is 0.0369. The number of benzene rings is 1. The molecule has 0 fully saturated rings. The molecule has 1 aromatic heterocycles. The summed E-state index contributed by atoms with van der Waals surface area (Å²) in [5, 5.41) is 0. The van der Waals surface area contributed by atoms with Gasteiger partial charge in [-0.15, -0.1) is 11.8 Å². The zero-order valence-electron chi connectivity index (χ0n) is 17.2. The zero-order chi connectivity index (χ0) is 22.1. The van der Waals surface area contributed by atoms with Crippen LogP contribution in [0.25, 0.3) is 0 Å². The van der Waals surface area contributed by atoms with Gasteiger partial charge in [-0.05, 0) is 24.1 Å². The van der Waals surface area contributed by atoms with Gasteiger partial charge in [-0.25, -0.2) is 9.18 Å². The summed E-state index contributed by atoms with van der Waals surface area (Å²) >= 11 is 1.33. The number of aromatic nitrogens is 2. The highest BCUT2D eigenvalue weighted by Crippen LogP contribution is 2.20. The molecular weight excluding hydrogens is 411 g/mol. The van der Waals surface area contributed by atoms with Crippen LogP contribution in [0.4, 0.5) is 15.9 Å². The Hall–Kier alpha value is -2.59. The third-order valence-corrected chi connectivity index (χ3v) is 5.44. The Kier molecular flexibility index (Phi) is 9.13. The molecule has 1 aromatic carbocycles. The van der Waals surface area contributed by atoms with E-state index in [2.05, 4.69) is 4.98 Å². The quantitative estimate of drug-likeness (QED) is 0.555. The standard InChI is InChI=1S/C20H27FN4O4S/c1-3-4-9-25-18(22)17(19(27)23-20(25)28)24(10-11-29-2)16(26)13-30-12-14-5-7-15(21)8-6-14/h5-8H,3-4,9-13,22H2,1-2H3,(H,23,27,28). The van der Waals surface area contributed by atoms with E-state index in [1.54, 1.807) is 12.1 Å². The first kappa shape index (κ1) is 23.7. The van der Waals surface area contributed by atoms with Crippen molar-refractivity contribution in [3.8, 4) is 0 Å². The Morgan fingerprint density at radius 1 is 1.30 bits per heavy atom. The van der Waals surface area contributed by atoms with Crippen LogP contribution in [0.3, 0.4) is 0 Å². The zero-order valence-corrected chi connectivity index (χ0v) is 18.0. The van der Waals surface area contributed by atoms with Crippen LogP contribution in [0.2, 0.25) is 0 Å². The van der Waals surface area contributed by atoms with E-state index in [4.69, 9.17) is 10.5 Å². The van der Waals surface area contributed by atoms with Crippen molar-refractivity contribution in [2.45, 2.75) is 32.1 Å². The number of nitrogens with one attached hydrogen (secondary N) is 1. The number of nitrogens with zero attached hydrogens (tertiary/aromatic N) is 2. The highest BCUT2D eigenvalue weighted by Gasteiger charge is 2.24. The maximum atomic E-state index is 13.0. The summed E-state index contributed by atoms with van der Waals surface area (Å²) in [5.41, 5.74) is 5.66. The second-order valence-corrected chi connectivity index (χ2v) is 7.64. The Labute approximate surface area is 178 Å². The van der Waals surface area contributed by atoms with Gasteiger partial charge in [0.15, 0.2) is 5.69 Å². The lowest BCUT2D eigenvalue weighted by molar-refractivity contribution is -0.116. The van der Waals surface area contributed by atoms with Gasteiger partial charge >= 0.3 is 5.69 Å².